The fourth-order valence-corrected chi connectivity index (χ4v) is 1.83. The summed E-state index contributed by atoms with van der Waals surface area (Å²) in [6.07, 6.45) is 0. The predicted octanol–water partition coefficient (Wildman–Crippen LogP) is 1.78. The van der Waals surface area contributed by atoms with Crippen molar-refractivity contribution >= 4 is 0 Å². The topological polar surface area (TPSA) is 56.5 Å². The van der Waals surface area contributed by atoms with Crippen LogP contribution in [0, 0.1) is 5.92 Å². The summed E-state index contributed by atoms with van der Waals surface area (Å²) in [7, 11) is 3.32. The van der Waals surface area contributed by atoms with Gasteiger partial charge in [-0.05, 0) is 12.0 Å². The van der Waals surface area contributed by atoms with E-state index >= 15 is 0 Å². The lowest BCUT2D eigenvalue weighted by Gasteiger charge is -2.21. The number of hydrogen-bond donors (Lipinski definition) is 2. The van der Waals surface area contributed by atoms with Crippen LogP contribution in [-0.4, -0.2) is 26.8 Å². The van der Waals surface area contributed by atoms with Crippen LogP contribution in [0.4, 0.5) is 0 Å². The Kier molecular flexibility index (Phi) is 5.95. The summed E-state index contributed by atoms with van der Waals surface area (Å²) < 4.78 is 10.5. The number of methoxy groups -OCH3 is 2. The lowest BCUT2D eigenvalue weighted by molar-refractivity contribution is 0.378. The van der Waals surface area contributed by atoms with Crippen molar-refractivity contribution in [1.82, 2.24) is 5.32 Å². The van der Waals surface area contributed by atoms with E-state index in [1.807, 2.05) is 18.2 Å². The monoisotopic (exact) mass is 252 g/mol. The lowest BCUT2D eigenvalue weighted by Crippen LogP contribution is -2.39. The molecule has 0 saturated heterocycles. The van der Waals surface area contributed by atoms with Crippen LogP contribution in [-0.2, 0) is 6.54 Å². The third-order valence-electron chi connectivity index (χ3n) is 3.11. The Morgan fingerprint density at radius 2 is 1.94 bits per heavy atom. The van der Waals surface area contributed by atoms with Gasteiger partial charge in [-0.2, -0.15) is 0 Å². The van der Waals surface area contributed by atoms with Gasteiger partial charge in [-0.15, -0.1) is 0 Å². The summed E-state index contributed by atoms with van der Waals surface area (Å²) in [5.74, 6) is 2.15. The van der Waals surface area contributed by atoms with E-state index in [0.717, 1.165) is 23.6 Å². The Bertz CT molecular complexity index is 367. The second-order valence-corrected chi connectivity index (χ2v) is 4.64. The van der Waals surface area contributed by atoms with Gasteiger partial charge in [0, 0.05) is 30.8 Å². The van der Waals surface area contributed by atoms with Gasteiger partial charge in [-0.25, -0.2) is 0 Å². The highest BCUT2D eigenvalue weighted by atomic mass is 16.5. The largest absolute Gasteiger partial charge is 0.497 e. The van der Waals surface area contributed by atoms with Gasteiger partial charge in [0.25, 0.3) is 0 Å². The number of benzene rings is 1. The van der Waals surface area contributed by atoms with E-state index in [0.29, 0.717) is 18.5 Å². The summed E-state index contributed by atoms with van der Waals surface area (Å²) in [4.78, 5) is 0. The molecule has 1 atom stereocenters. The Labute approximate surface area is 109 Å². The minimum absolute atomic E-state index is 0.316. The van der Waals surface area contributed by atoms with E-state index in [4.69, 9.17) is 15.2 Å². The fraction of sp³-hybridized carbons (Fsp3) is 0.571. The van der Waals surface area contributed by atoms with Crippen molar-refractivity contribution in [3.05, 3.63) is 23.8 Å². The molecule has 0 fully saturated rings. The number of nitrogens with two attached hydrogens (primary N) is 1. The van der Waals surface area contributed by atoms with Crippen molar-refractivity contribution in [3.63, 3.8) is 0 Å². The first-order chi connectivity index (χ1) is 8.62. The Balaban J connectivity index is 2.72. The molecule has 1 rings (SSSR count). The second-order valence-electron chi connectivity index (χ2n) is 4.64. The highest BCUT2D eigenvalue weighted by Crippen LogP contribution is 2.24. The van der Waals surface area contributed by atoms with Crippen LogP contribution in [0.2, 0.25) is 0 Å². The third-order valence-corrected chi connectivity index (χ3v) is 3.11. The van der Waals surface area contributed by atoms with Crippen LogP contribution in [0.25, 0.3) is 0 Å². The number of nitrogens with one attached hydrogen (secondary N) is 1. The number of hydrogen-bond acceptors (Lipinski definition) is 4. The van der Waals surface area contributed by atoms with Crippen LogP contribution < -0.4 is 20.5 Å². The Morgan fingerprint density at radius 1 is 1.22 bits per heavy atom. The molecule has 0 aromatic heterocycles. The van der Waals surface area contributed by atoms with E-state index in [2.05, 4.69) is 19.2 Å². The van der Waals surface area contributed by atoms with Crippen LogP contribution in [0.15, 0.2) is 18.2 Å². The minimum Gasteiger partial charge on any atom is -0.497 e. The quantitative estimate of drug-likeness (QED) is 0.776. The summed E-state index contributed by atoms with van der Waals surface area (Å²) in [6.45, 7) is 5.70. The van der Waals surface area contributed by atoms with Crippen LogP contribution in [0.3, 0.4) is 0 Å². The van der Waals surface area contributed by atoms with Crippen molar-refractivity contribution in [1.29, 1.82) is 0 Å². The van der Waals surface area contributed by atoms with Gasteiger partial charge in [0.1, 0.15) is 11.5 Å². The summed E-state index contributed by atoms with van der Waals surface area (Å²) >= 11 is 0. The zero-order valence-corrected chi connectivity index (χ0v) is 11.7. The highest BCUT2D eigenvalue weighted by molar-refractivity contribution is 5.40. The predicted molar refractivity (Wildman–Crippen MR) is 74.1 cm³/mol. The van der Waals surface area contributed by atoms with E-state index in [9.17, 15) is 0 Å². The molecular formula is C14H24N2O2. The number of ether oxygens (including phenoxy) is 2. The normalized spacial score (nSPS) is 12.6. The van der Waals surface area contributed by atoms with E-state index in [1.54, 1.807) is 14.2 Å². The van der Waals surface area contributed by atoms with Gasteiger partial charge in [0.05, 0.1) is 14.2 Å². The van der Waals surface area contributed by atoms with Crippen LogP contribution in [0.1, 0.15) is 19.4 Å². The molecule has 0 amide bonds. The molecule has 0 aliphatic carbocycles. The SMILES string of the molecule is COc1ccc(CNC(CN)C(C)C)c(OC)c1. The van der Waals surface area contributed by atoms with Gasteiger partial charge >= 0.3 is 0 Å². The van der Waals surface area contributed by atoms with Crippen LogP contribution in [0.5, 0.6) is 11.5 Å². The van der Waals surface area contributed by atoms with E-state index in [1.165, 1.54) is 0 Å². The van der Waals surface area contributed by atoms with Gasteiger partial charge < -0.3 is 20.5 Å². The molecular weight excluding hydrogens is 228 g/mol. The van der Waals surface area contributed by atoms with Crippen molar-refractivity contribution in [2.75, 3.05) is 20.8 Å². The molecule has 0 aliphatic heterocycles. The van der Waals surface area contributed by atoms with Crippen molar-refractivity contribution in [2.24, 2.45) is 11.7 Å². The van der Waals surface area contributed by atoms with Crippen molar-refractivity contribution < 1.29 is 9.47 Å². The van der Waals surface area contributed by atoms with Gasteiger partial charge in [0.15, 0.2) is 0 Å². The number of rotatable bonds is 7. The molecule has 4 heteroatoms. The average Bonchev–Trinajstić information content (AvgIpc) is 2.39. The molecule has 1 aromatic carbocycles. The van der Waals surface area contributed by atoms with Gasteiger partial charge in [-0.3, -0.25) is 0 Å². The molecule has 18 heavy (non-hydrogen) atoms. The maximum Gasteiger partial charge on any atom is 0.127 e. The van der Waals surface area contributed by atoms with Crippen molar-refractivity contribution in [2.45, 2.75) is 26.4 Å². The maximum absolute atomic E-state index is 5.74. The molecule has 0 radical (unpaired) electrons. The molecule has 0 spiro atoms. The Morgan fingerprint density at radius 3 is 2.44 bits per heavy atom. The van der Waals surface area contributed by atoms with Gasteiger partial charge in [-0.1, -0.05) is 19.9 Å². The first-order valence-corrected chi connectivity index (χ1v) is 6.26. The molecule has 0 saturated carbocycles. The van der Waals surface area contributed by atoms with E-state index in [-0.39, 0.29) is 0 Å². The highest BCUT2D eigenvalue weighted by Gasteiger charge is 2.12. The zero-order valence-electron chi connectivity index (χ0n) is 11.7. The maximum atomic E-state index is 5.74. The molecule has 0 heterocycles. The fourth-order valence-electron chi connectivity index (χ4n) is 1.83. The summed E-state index contributed by atoms with van der Waals surface area (Å²) in [5, 5.41) is 3.45. The second kappa shape index (κ2) is 7.24. The summed E-state index contributed by atoms with van der Waals surface area (Å²) in [5.41, 5.74) is 6.85. The minimum atomic E-state index is 0.316. The standard InChI is InChI=1S/C14H24N2O2/c1-10(2)13(8-15)16-9-11-5-6-12(17-3)7-14(11)18-4/h5-7,10,13,16H,8-9,15H2,1-4H3. The lowest BCUT2D eigenvalue weighted by atomic mass is 10.0. The molecule has 1 aromatic rings. The third kappa shape index (κ3) is 3.89. The summed E-state index contributed by atoms with van der Waals surface area (Å²) in [6, 6.07) is 6.16. The Hall–Kier alpha value is -1.26. The van der Waals surface area contributed by atoms with E-state index < -0.39 is 0 Å². The van der Waals surface area contributed by atoms with Crippen molar-refractivity contribution in [3.8, 4) is 11.5 Å². The molecule has 3 N–H and O–H groups in total. The van der Waals surface area contributed by atoms with Crippen LogP contribution >= 0.6 is 0 Å². The first-order valence-electron chi connectivity index (χ1n) is 6.26. The van der Waals surface area contributed by atoms with Gasteiger partial charge in [0.2, 0.25) is 0 Å². The molecule has 4 nitrogen and oxygen atoms in total. The molecule has 1 unspecified atom stereocenters. The first kappa shape index (κ1) is 14.8. The average molecular weight is 252 g/mol. The smallest absolute Gasteiger partial charge is 0.127 e. The molecule has 102 valence electrons. The molecule has 0 bridgehead atoms. The zero-order chi connectivity index (χ0) is 13.5. The molecule has 0 aliphatic rings.